The minimum atomic E-state index is 1.03. The zero-order valence-electron chi connectivity index (χ0n) is 8.82. The Kier molecular flexibility index (Phi) is 2.66. The van der Waals surface area contributed by atoms with Crippen molar-refractivity contribution in [3.63, 3.8) is 0 Å². The molecule has 1 aliphatic rings. The van der Waals surface area contributed by atoms with Gasteiger partial charge >= 0.3 is 0 Å². The molecule has 2 rings (SSSR count). The van der Waals surface area contributed by atoms with Gasteiger partial charge in [-0.15, -0.1) is 0 Å². The van der Waals surface area contributed by atoms with Crippen LogP contribution in [0, 0.1) is 20.3 Å². The summed E-state index contributed by atoms with van der Waals surface area (Å²) in [6, 6.07) is 0. The van der Waals surface area contributed by atoms with E-state index in [9.17, 15) is 0 Å². The Morgan fingerprint density at radius 3 is 2.50 bits per heavy atom. The van der Waals surface area contributed by atoms with Crippen molar-refractivity contribution in [3.05, 3.63) is 24.0 Å². The maximum absolute atomic E-state index is 4.55. The van der Waals surface area contributed by atoms with Crippen molar-refractivity contribution in [1.29, 1.82) is 0 Å². The summed E-state index contributed by atoms with van der Waals surface area (Å²) in [6.45, 7) is 6.17. The molecular weight excluding hydrogens is 174 g/mol. The van der Waals surface area contributed by atoms with Crippen LogP contribution in [-0.4, -0.2) is 23.1 Å². The first-order valence-corrected chi connectivity index (χ1v) is 5.14. The second-order valence-electron chi connectivity index (χ2n) is 3.75. The molecule has 1 saturated heterocycles. The molecule has 1 fully saturated rings. The highest BCUT2D eigenvalue weighted by molar-refractivity contribution is 5.38. The molecule has 75 valence electrons. The molecule has 0 bridgehead atoms. The fraction of sp³-hybridized carbons (Fsp3) is 0.545. The second-order valence-corrected chi connectivity index (χ2v) is 3.75. The quantitative estimate of drug-likeness (QED) is 0.677. The number of rotatable bonds is 1. The second kappa shape index (κ2) is 3.95. The highest BCUT2D eigenvalue weighted by Crippen LogP contribution is 2.16. The van der Waals surface area contributed by atoms with Crippen LogP contribution < -0.4 is 4.90 Å². The third kappa shape index (κ3) is 1.86. The van der Waals surface area contributed by atoms with Crippen molar-refractivity contribution in [1.82, 2.24) is 9.97 Å². The topological polar surface area (TPSA) is 29.0 Å². The van der Waals surface area contributed by atoms with Gasteiger partial charge in [0.2, 0.25) is 0 Å². The van der Waals surface area contributed by atoms with Gasteiger partial charge in [-0.25, -0.2) is 4.98 Å². The summed E-state index contributed by atoms with van der Waals surface area (Å²) in [6.07, 6.45) is 6.54. The highest BCUT2D eigenvalue weighted by atomic mass is 15.2. The molecule has 1 aliphatic heterocycles. The molecule has 1 aromatic heterocycles. The molecule has 0 amide bonds. The van der Waals surface area contributed by atoms with Crippen LogP contribution in [0.15, 0.2) is 6.20 Å². The normalized spacial score (nSPS) is 17.1. The van der Waals surface area contributed by atoms with E-state index in [-0.39, 0.29) is 0 Å². The van der Waals surface area contributed by atoms with Crippen molar-refractivity contribution in [2.45, 2.75) is 26.7 Å². The van der Waals surface area contributed by atoms with E-state index in [2.05, 4.69) is 21.3 Å². The van der Waals surface area contributed by atoms with Crippen LogP contribution in [0.1, 0.15) is 24.2 Å². The lowest BCUT2D eigenvalue weighted by Gasteiger charge is -2.27. The van der Waals surface area contributed by atoms with E-state index in [1.54, 1.807) is 0 Å². The third-order valence-corrected chi connectivity index (χ3v) is 2.71. The van der Waals surface area contributed by atoms with Gasteiger partial charge in [0.25, 0.3) is 0 Å². The predicted molar refractivity (Wildman–Crippen MR) is 57.3 cm³/mol. The summed E-state index contributed by atoms with van der Waals surface area (Å²) >= 11 is 0. The first kappa shape index (κ1) is 9.44. The largest absolute Gasteiger partial charge is 0.355 e. The SMILES string of the molecule is Cc1ncc(N2CC[CH]CC2)nc1C. The molecule has 0 aromatic carbocycles. The number of piperidine rings is 1. The van der Waals surface area contributed by atoms with Crippen LogP contribution in [-0.2, 0) is 0 Å². The molecular formula is C11H16N3. The highest BCUT2D eigenvalue weighted by Gasteiger charge is 2.12. The van der Waals surface area contributed by atoms with Crippen molar-refractivity contribution in [3.8, 4) is 0 Å². The van der Waals surface area contributed by atoms with Crippen molar-refractivity contribution < 1.29 is 0 Å². The van der Waals surface area contributed by atoms with Crippen LogP contribution in [0.2, 0.25) is 0 Å². The average Bonchev–Trinajstić information content (AvgIpc) is 2.23. The van der Waals surface area contributed by atoms with Gasteiger partial charge in [-0.05, 0) is 33.1 Å². The molecule has 2 heterocycles. The number of hydrogen-bond donors (Lipinski definition) is 0. The van der Waals surface area contributed by atoms with Crippen LogP contribution >= 0.6 is 0 Å². The van der Waals surface area contributed by atoms with E-state index in [1.807, 2.05) is 20.0 Å². The Hall–Kier alpha value is -1.12. The number of anilines is 1. The number of nitrogens with zero attached hydrogens (tertiary/aromatic N) is 3. The number of aryl methyl sites for hydroxylation is 2. The van der Waals surface area contributed by atoms with Gasteiger partial charge in [0.1, 0.15) is 5.82 Å². The molecule has 0 unspecified atom stereocenters. The maximum atomic E-state index is 4.55. The first-order chi connectivity index (χ1) is 6.77. The van der Waals surface area contributed by atoms with E-state index in [1.165, 1.54) is 0 Å². The molecule has 0 N–H and O–H groups in total. The van der Waals surface area contributed by atoms with Gasteiger partial charge in [-0.3, -0.25) is 4.98 Å². The molecule has 0 spiro atoms. The average molecular weight is 190 g/mol. The zero-order valence-corrected chi connectivity index (χ0v) is 8.82. The van der Waals surface area contributed by atoms with Crippen molar-refractivity contribution in [2.75, 3.05) is 18.0 Å². The number of hydrogen-bond acceptors (Lipinski definition) is 3. The molecule has 14 heavy (non-hydrogen) atoms. The standard InChI is InChI=1S/C11H16N3/c1-9-10(2)13-11(8-12-9)14-6-4-3-5-7-14/h3,8H,4-7H2,1-2H3. The molecule has 3 nitrogen and oxygen atoms in total. The summed E-state index contributed by atoms with van der Waals surface area (Å²) in [5, 5.41) is 0. The third-order valence-electron chi connectivity index (χ3n) is 2.71. The molecule has 0 atom stereocenters. The minimum Gasteiger partial charge on any atom is -0.355 e. The van der Waals surface area contributed by atoms with E-state index in [0.29, 0.717) is 0 Å². The van der Waals surface area contributed by atoms with Crippen LogP contribution in [0.3, 0.4) is 0 Å². The van der Waals surface area contributed by atoms with Crippen LogP contribution in [0.5, 0.6) is 0 Å². The summed E-state index contributed by atoms with van der Waals surface area (Å²) in [5.74, 6) is 1.03. The van der Waals surface area contributed by atoms with Gasteiger partial charge in [-0.1, -0.05) is 0 Å². The Balaban J connectivity index is 2.18. The van der Waals surface area contributed by atoms with Crippen LogP contribution in [0.4, 0.5) is 5.82 Å². The predicted octanol–water partition coefficient (Wildman–Crippen LogP) is 1.90. The van der Waals surface area contributed by atoms with Crippen molar-refractivity contribution >= 4 is 5.82 Å². The fourth-order valence-electron chi connectivity index (χ4n) is 1.66. The summed E-state index contributed by atoms with van der Waals surface area (Å²) in [5.41, 5.74) is 2.06. The van der Waals surface area contributed by atoms with Gasteiger partial charge in [0.05, 0.1) is 17.6 Å². The summed E-state index contributed by atoms with van der Waals surface area (Å²) in [4.78, 5) is 11.2. The minimum absolute atomic E-state index is 1.03. The molecule has 3 heteroatoms. The Labute approximate surface area is 85.2 Å². The first-order valence-electron chi connectivity index (χ1n) is 5.14. The molecule has 0 aliphatic carbocycles. The fourth-order valence-corrected chi connectivity index (χ4v) is 1.66. The molecule has 1 aromatic rings. The van der Waals surface area contributed by atoms with Crippen molar-refractivity contribution in [2.24, 2.45) is 0 Å². The van der Waals surface area contributed by atoms with Gasteiger partial charge in [-0.2, -0.15) is 0 Å². The lowest BCUT2D eigenvalue weighted by Crippen LogP contribution is -2.30. The molecule has 0 saturated carbocycles. The smallest absolute Gasteiger partial charge is 0.147 e. The number of aromatic nitrogens is 2. The van der Waals surface area contributed by atoms with E-state index < -0.39 is 0 Å². The zero-order chi connectivity index (χ0) is 9.97. The maximum Gasteiger partial charge on any atom is 0.147 e. The Morgan fingerprint density at radius 1 is 1.14 bits per heavy atom. The van der Waals surface area contributed by atoms with Gasteiger partial charge in [0, 0.05) is 13.1 Å². The lowest BCUT2D eigenvalue weighted by molar-refractivity contribution is 0.668. The lowest BCUT2D eigenvalue weighted by atomic mass is 10.1. The van der Waals surface area contributed by atoms with Gasteiger partial charge in [0.15, 0.2) is 0 Å². The Morgan fingerprint density at radius 2 is 1.86 bits per heavy atom. The van der Waals surface area contributed by atoms with E-state index in [4.69, 9.17) is 0 Å². The summed E-state index contributed by atoms with van der Waals surface area (Å²) in [7, 11) is 0. The molecule has 1 radical (unpaired) electrons. The Bertz CT molecular complexity index is 316. The van der Waals surface area contributed by atoms with E-state index in [0.717, 1.165) is 43.1 Å². The summed E-state index contributed by atoms with van der Waals surface area (Å²) < 4.78 is 0. The van der Waals surface area contributed by atoms with Crippen LogP contribution in [0.25, 0.3) is 0 Å². The van der Waals surface area contributed by atoms with E-state index >= 15 is 0 Å². The van der Waals surface area contributed by atoms with Gasteiger partial charge < -0.3 is 4.90 Å². The monoisotopic (exact) mass is 190 g/mol.